The number of aromatic nitrogens is 1. The second-order valence-corrected chi connectivity index (χ2v) is 7.42. The highest BCUT2D eigenvalue weighted by molar-refractivity contribution is 5.79. The van der Waals surface area contributed by atoms with Crippen molar-refractivity contribution >= 4 is 6.09 Å². The fraction of sp³-hybridized carbons (Fsp3) is 0.250. The Morgan fingerprint density at radius 1 is 1.03 bits per heavy atom. The lowest BCUT2D eigenvalue weighted by Crippen LogP contribution is -2.36. The number of carbonyl (C=O) groups excluding carboxylic acids is 1. The van der Waals surface area contributed by atoms with Crippen LogP contribution >= 0.6 is 0 Å². The van der Waals surface area contributed by atoms with Gasteiger partial charge in [0.15, 0.2) is 0 Å². The van der Waals surface area contributed by atoms with Gasteiger partial charge in [0.1, 0.15) is 18.8 Å². The highest BCUT2D eigenvalue weighted by Gasteiger charge is 2.29. The first kappa shape index (κ1) is 20.1. The van der Waals surface area contributed by atoms with Crippen molar-refractivity contribution in [2.24, 2.45) is 0 Å². The van der Waals surface area contributed by atoms with Gasteiger partial charge in [0.05, 0.1) is 5.69 Å². The maximum absolute atomic E-state index is 12.2. The van der Waals surface area contributed by atoms with Crippen molar-refractivity contribution in [2.45, 2.75) is 25.0 Å². The van der Waals surface area contributed by atoms with Gasteiger partial charge in [0, 0.05) is 18.7 Å². The fourth-order valence-corrected chi connectivity index (χ4v) is 3.94. The monoisotopic (exact) mass is 404 g/mol. The van der Waals surface area contributed by atoms with Gasteiger partial charge in [-0.2, -0.15) is 0 Å². The molecule has 1 amide bonds. The molecular weight excluding hydrogens is 380 g/mol. The number of ether oxygens (including phenoxy) is 1. The van der Waals surface area contributed by atoms with Gasteiger partial charge in [-0.1, -0.05) is 54.6 Å². The third-order valence-corrected chi connectivity index (χ3v) is 5.49. The zero-order valence-corrected chi connectivity index (χ0v) is 16.7. The molecule has 6 heteroatoms. The van der Waals surface area contributed by atoms with Crippen LogP contribution in [0.4, 0.5) is 4.79 Å². The number of aliphatic hydroxyl groups excluding tert-OH is 2. The molecule has 0 bridgehead atoms. The Bertz CT molecular complexity index is 1010. The van der Waals surface area contributed by atoms with Crippen LogP contribution in [0.1, 0.15) is 34.4 Å². The summed E-state index contributed by atoms with van der Waals surface area (Å²) in [6.45, 7) is 1.85. The number of nitrogens with one attached hydrogen (secondary N) is 1. The van der Waals surface area contributed by atoms with E-state index >= 15 is 0 Å². The average molecular weight is 404 g/mol. The maximum Gasteiger partial charge on any atom is 0.407 e. The summed E-state index contributed by atoms with van der Waals surface area (Å²) in [5, 5.41) is 23.0. The number of alkyl carbamates (subject to hydrolysis) is 1. The number of carbonyl (C=O) groups is 1. The summed E-state index contributed by atoms with van der Waals surface area (Å²) >= 11 is 0. The molecular formula is C24H24N2O4. The summed E-state index contributed by atoms with van der Waals surface area (Å²) in [6, 6.07) is 19.8. The van der Waals surface area contributed by atoms with Crippen molar-refractivity contribution in [1.29, 1.82) is 0 Å². The molecule has 3 N–H and O–H groups in total. The van der Waals surface area contributed by atoms with Gasteiger partial charge in [0.25, 0.3) is 0 Å². The van der Waals surface area contributed by atoms with Crippen LogP contribution < -0.4 is 5.32 Å². The van der Waals surface area contributed by atoms with Crippen molar-refractivity contribution in [3.8, 4) is 11.1 Å². The van der Waals surface area contributed by atoms with Gasteiger partial charge >= 0.3 is 6.09 Å². The first-order valence-electron chi connectivity index (χ1n) is 9.92. The lowest BCUT2D eigenvalue weighted by atomic mass is 9.98. The van der Waals surface area contributed by atoms with Crippen LogP contribution in [0.5, 0.6) is 0 Å². The molecule has 0 spiro atoms. The maximum atomic E-state index is 12.2. The second kappa shape index (κ2) is 8.65. The molecule has 0 saturated heterocycles. The zero-order valence-electron chi connectivity index (χ0n) is 16.7. The van der Waals surface area contributed by atoms with Crippen LogP contribution in [0.3, 0.4) is 0 Å². The lowest BCUT2D eigenvalue weighted by molar-refractivity contribution is 0.0157. The highest BCUT2D eigenvalue weighted by Crippen LogP contribution is 2.44. The molecule has 0 fully saturated rings. The summed E-state index contributed by atoms with van der Waals surface area (Å²) in [6.07, 6.45) is -1.47. The van der Waals surface area contributed by atoms with E-state index < -0.39 is 18.3 Å². The van der Waals surface area contributed by atoms with Crippen molar-refractivity contribution in [3.05, 3.63) is 89.2 Å². The third kappa shape index (κ3) is 3.92. The minimum Gasteiger partial charge on any atom is -0.449 e. The normalized spacial score (nSPS) is 14.5. The first-order valence-corrected chi connectivity index (χ1v) is 9.92. The number of aliphatic hydroxyl groups is 2. The summed E-state index contributed by atoms with van der Waals surface area (Å²) in [7, 11) is 0. The van der Waals surface area contributed by atoms with Crippen LogP contribution in [-0.2, 0) is 4.74 Å². The number of benzene rings is 2. The molecule has 1 aliphatic carbocycles. The van der Waals surface area contributed by atoms with Gasteiger partial charge in [-0.25, -0.2) is 4.79 Å². The molecule has 3 aromatic rings. The van der Waals surface area contributed by atoms with E-state index in [-0.39, 0.29) is 19.1 Å². The van der Waals surface area contributed by atoms with Crippen molar-refractivity contribution in [1.82, 2.24) is 10.3 Å². The SMILES string of the molecule is Cc1cccnc1C(O)C(O)CNC(=O)OCC1c2ccccc2-c2ccccc21. The Hall–Kier alpha value is -3.22. The van der Waals surface area contributed by atoms with E-state index in [1.807, 2.05) is 24.3 Å². The Kier molecular flexibility index (Phi) is 5.79. The second-order valence-electron chi connectivity index (χ2n) is 7.42. The van der Waals surface area contributed by atoms with Crippen LogP contribution in [-0.4, -0.2) is 40.5 Å². The summed E-state index contributed by atoms with van der Waals surface area (Å²) in [5.41, 5.74) is 5.74. The number of hydrogen-bond acceptors (Lipinski definition) is 5. The molecule has 30 heavy (non-hydrogen) atoms. The third-order valence-electron chi connectivity index (χ3n) is 5.49. The summed E-state index contributed by atoms with van der Waals surface area (Å²) in [4.78, 5) is 16.3. The van der Waals surface area contributed by atoms with E-state index in [2.05, 4.69) is 34.6 Å². The molecule has 1 aliphatic rings. The standard InChI is InChI=1S/C24H24N2O4/c1-15-7-6-12-25-22(15)23(28)21(27)13-26-24(29)30-14-20-18-10-4-2-8-16(18)17-9-3-5-11-19(17)20/h2-12,20-21,23,27-28H,13-14H2,1H3,(H,26,29). The largest absolute Gasteiger partial charge is 0.449 e. The summed E-state index contributed by atoms with van der Waals surface area (Å²) < 4.78 is 5.44. The van der Waals surface area contributed by atoms with Gasteiger partial charge < -0.3 is 20.3 Å². The quantitative estimate of drug-likeness (QED) is 0.586. The molecule has 2 aromatic carbocycles. The number of hydrogen-bond donors (Lipinski definition) is 3. The minimum atomic E-state index is -1.20. The summed E-state index contributed by atoms with van der Waals surface area (Å²) in [5.74, 6) is -0.0326. The average Bonchev–Trinajstić information content (AvgIpc) is 3.09. The molecule has 1 aromatic heterocycles. The van der Waals surface area contributed by atoms with Gasteiger partial charge in [0.2, 0.25) is 0 Å². The van der Waals surface area contributed by atoms with Gasteiger partial charge in [-0.3, -0.25) is 4.98 Å². The van der Waals surface area contributed by atoms with Gasteiger partial charge in [-0.05, 0) is 40.8 Å². The number of aryl methyl sites for hydroxylation is 1. The highest BCUT2D eigenvalue weighted by atomic mass is 16.5. The first-order chi connectivity index (χ1) is 14.6. The lowest BCUT2D eigenvalue weighted by Gasteiger charge is -2.19. The van der Waals surface area contributed by atoms with Crippen LogP contribution in [0.15, 0.2) is 66.9 Å². The van der Waals surface area contributed by atoms with Crippen LogP contribution in [0.2, 0.25) is 0 Å². The Labute approximate surface area is 175 Å². The molecule has 2 unspecified atom stereocenters. The predicted octanol–water partition coefficient (Wildman–Crippen LogP) is 3.32. The number of nitrogens with zero attached hydrogens (tertiary/aromatic N) is 1. The predicted molar refractivity (Wildman–Crippen MR) is 113 cm³/mol. The fourth-order valence-electron chi connectivity index (χ4n) is 3.94. The molecule has 0 saturated carbocycles. The van der Waals surface area contributed by atoms with E-state index in [1.165, 1.54) is 0 Å². The number of rotatable bonds is 6. The Morgan fingerprint density at radius 2 is 1.67 bits per heavy atom. The number of pyridine rings is 1. The number of amides is 1. The van der Waals surface area contributed by atoms with Crippen molar-refractivity contribution < 1.29 is 19.7 Å². The van der Waals surface area contributed by atoms with E-state index in [1.54, 1.807) is 25.3 Å². The number of fused-ring (bicyclic) bond motifs is 3. The van der Waals surface area contributed by atoms with E-state index in [4.69, 9.17) is 4.74 Å². The van der Waals surface area contributed by atoms with Crippen molar-refractivity contribution in [3.63, 3.8) is 0 Å². The molecule has 154 valence electrons. The Balaban J connectivity index is 1.35. The van der Waals surface area contributed by atoms with Gasteiger partial charge in [-0.15, -0.1) is 0 Å². The van der Waals surface area contributed by atoms with E-state index in [0.29, 0.717) is 5.69 Å². The van der Waals surface area contributed by atoms with E-state index in [9.17, 15) is 15.0 Å². The molecule has 4 rings (SSSR count). The van der Waals surface area contributed by atoms with E-state index in [0.717, 1.165) is 27.8 Å². The molecule has 2 atom stereocenters. The van der Waals surface area contributed by atoms with Crippen molar-refractivity contribution in [2.75, 3.05) is 13.2 Å². The van der Waals surface area contributed by atoms with Crippen LogP contribution in [0.25, 0.3) is 11.1 Å². The molecule has 0 aliphatic heterocycles. The topological polar surface area (TPSA) is 91.7 Å². The van der Waals surface area contributed by atoms with Crippen LogP contribution in [0, 0.1) is 6.92 Å². The smallest absolute Gasteiger partial charge is 0.407 e. The Morgan fingerprint density at radius 3 is 2.30 bits per heavy atom. The zero-order chi connectivity index (χ0) is 21.1. The molecule has 1 heterocycles. The minimum absolute atomic E-state index is 0.0326. The molecule has 6 nitrogen and oxygen atoms in total. The molecule has 0 radical (unpaired) electrons.